The van der Waals surface area contributed by atoms with Crippen LogP contribution >= 0.6 is 0 Å². The predicted molar refractivity (Wildman–Crippen MR) is 90.5 cm³/mol. The summed E-state index contributed by atoms with van der Waals surface area (Å²) in [4.78, 5) is 21.3. The fourth-order valence-corrected chi connectivity index (χ4v) is 3.61. The molecule has 24 heavy (non-hydrogen) atoms. The number of anilines is 1. The van der Waals surface area contributed by atoms with Crippen molar-refractivity contribution >= 4 is 11.7 Å². The predicted octanol–water partition coefficient (Wildman–Crippen LogP) is 1.81. The highest BCUT2D eigenvalue weighted by molar-refractivity contribution is 5.79. The normalized spacial score (nSPS) is 25.4. The van der Waals surface area contributed by atoms with Gasteiger partial charge in [0.05, 0.1) is 17.8 Å². The molecule has 2 saturated heterocycles. The molecule has 2 aliphatic heterocycles. The average Bonchev–Trinajstić information content (AvgIpc) is 2.60. The summed E-state index contributed by atoms with van der Waals surface area (Å²) in [6, 6.07) is 5.75. The molecule has 1 aromatic rings. The van der Waals surface area contributed by atoms with Gasteiger partial charge in [-0.05, 0) is 38.8 Å². The van der Waals surface area contributed by atoms with Crippen molar-refractivity contribution in [1.82, 2.24) is 9.88 Å². The van der Waals surface area contributed by atoms with Crippen LogP contribution in [-0.4, -0.2) is 54.2 Å². The smallest absolute Gasteiger partial charge is 0.225 e. The largest absolute Gasteiger partial charge is 0.372 e. The second-order valence-electron chi connectivity index (χ2n) is 6.78. The Morgan fingerprint density at radius 3 is 2.46 bits per heavy atom. The van der Waals surface area contributed by atoms with Gasteiger partial charge in [-0.2, -0.15) is 5.26 Å². The molecule has 3 heterocycles. The van der Waals surface area contributed by atoms with Crippen LogP contribution in [0.15, 0.2) is 18.3 Å². The van der Waals surface area contributed by atoms with Crippen molar-refractivity contribution < 1.29 is 9.53 Å². The van der Waals surface area contributed by atoms with Crippen LogP contribution in [0.1, 0.15) is 32.3 Å². The summed E-state index contributed by atoms with van der Waals surface area (Å²) in [7, 11) is 0. The highest BCUT2D eigenvalue weighted by Crippen LogP contribution is 2.25. The average molecular weight is 328 g/mol. The van der Waals surface area contributed by atoms with E-state index in [1.807, 2.05) is 24.8 Å². The molecule has 0 spiro atoms. The highest BCUT2D eigenvalue weighted by atomic mass is 16.5. The van der Waals surface area contributed by atoms with Crippen LogP contribution in [0, 0.1) is 17.2 Å². The van der Waals surface area contributed by atoms with Gasteiger partial charge in [-0.3, -0.25) is 4.79 Å². The first-order valence-corrected chi connectivity index (χ1v) is 8.62. The second-order valence-corrected chi connectivity index (χ2v) is 6.78. The number of nitriles is 1. The first-order valence-electron chi connectivity index (χ1n) is 8.62. The lowest BCUT2D eigenvalue weighted by molar-refractivity contribution is -0.148. The topological polar surface area (TPSA) is 69.5 Å². The zero-order chi connectivity index (χ0) is 17.1. The van der Waals surface area contributed by atoms with E-state index in [1.165, 1.54) is 0 Å². The van der Waals surface area contributed by atoms with Gasteiger partial charge in [0.2, 0.25) is 5.91 Å². The van der Waals surface area contributed by atoms with Crippen molar-refractivity contribution in [3.63, 3.8) is 0 Å². The molecule has 2 fully saturated rings. The van der Waals surface area contributed by atoms with Crippen LogP contribution in [0.4, 0.5) is 5.82 Å². The fraction of sp³-hybridized carbons (Fsp3) is 0.611. The third-order valence-electron chi connectivity index (χ3n) is 4.78. The van der Waals surface area contributed by atoms with E-state index in [4.69, 9.17) is 10.00 Å². The van der Waals surface area contributed by atoms with Crippen LogP contribution in [-0.2, 0) is 9.53 Å². The molecular weight excluding hydrogens is 304 g/mol. The number of hydrogen-bond donors (Lipinski definition) is 0. The summed E-state index contributed by atoms with van der Waals surface area (Å²) < 4.78 is 5.71. The minimum absolute atomic E-state index is 0.0946. The Balaban J connectivity index is 1.56. The maximum atomic E-state index is 12.8. The lowest BCUT2D eigenvalue weighted by Gasteiger charge is -2.39. The molecule has 6 nitrogen and oxygen atoms in total. The minimum Gasteiger partial charge on any atom is -0.372 e. The van der Waals surface area contributed by atoms with E-state index in [0.29, 0.717) is 18.7 Å². The Morgan fingerprint density at radius 1 is 1.25 bits per heavy atom. The Morgan fingerprint density at radius 2 is 1.92 bits per heavy atom. The van der Waals surface area contributed by atoms with Crippen molar-refractivity contribution in [3.05, 3.63) is 23.9 Å². The summed E-state index contributed by atoms with van der Waals surface area (Å²) in [6.45, 7) is 7.08. The number of rotatable bonds is 2. The zero-order valence-electron chi connectivity index (χ0n) is 14.3. The van der Waals surface area contributed by atoms with Gasteiger partial charge in [-0.1, -0.05) is 0 Å². The van der Waals surface area contributed by atoms with Crippen molar-refractivity contribution in [2.24, 2.45) is 5.92 Å². The Labute approximate surface area is 143 Å². The number of piperidine rings is 1. The Bertz CT molecular complexity index is 607. The van der Waals surface area contributed by atoms with E-state index in [1.54, 1.807) is 12.3 Å². The standard InChI is InChI=1S/C18H24N4O2/c1-13-11-22(12-14(2)24-13)18(23)16-5-7-21(8-6-16)17-4-3-15(9-19)10-20-17/h3-4,10,13-14,16H,5-8,11-12H2,1-2H3/t13-,14+. The van der Waals surface area contributed by atoms with Crippen LogP contribution in [0.25, 0.3) is 0 Å². The van der Waals surface area contributed by atoms with E-state index < -0.39 is 0 Å². The molecule has 0 aromatic carbocycles. The summed E-state index contributed by atoms with van der Waals surface area (Å²) >= 11 is 0. The van der Waals surface area contributed by atoms with E-state index in [9.17, 15) is 4.79 Å². The van der Waals surface area contributed by atoms with Crippen LogP contribution in [0.3, 0.4) is 0 Å². The minimum atomic E-state index is 0.0946. The van der Waals surface area contributed by atoms with Crippen LogP contribution in [0.2, 0.25) is 0 Å². The van der Waals surface area contributed by atoms with Gasteiger partial charge in [0.25, 0.3) is 0 Å². The number of carbonyl (C=O) groups excluding carboxylic acids is 1. The molecule has 6 heteroatoms. The van der Waals surface area contributed by atoms with Crippen LogP contribution < -0.4 is 4.90 Å². The molecule has 1 aromatic heterocycles. The van der Waals surface area contributed by atoms with Gasteiger partial charge < -0.3 is 14.5 Å². The molecule has 0 radical (unpaired) electrons. The molecule has 0 N–H and O–H groups in total. The lowest BCUT2D eigenvalue weighted by Crippen LogP contribution is -2.51. The number of ether oxygens (including phenoxy) is 1. The summed E-state index contributed by atoms with van der Waals surface area (Å²) in [5, 5.41) is 8.84. The van der Waals surface area contributed by atoms with Crippen LogP contribution in [0.5, 0.6) is 0 Å². The van der Waals surface area contributed by atoms with Gasteiger partial charge >= 0.3 is 0 Å². The molecule has 0 aliphatic carbocycles. The molecule has 2 atom stereocenters. The van der Waals surface area contributed by atoms with Crippen molar-refractivity contribution in [2.45, 2.75) is 38.9 Å². The number of nitrogens with zero attached hydrogens (tertiary/aromatic N) is 4. The van der Waals surface area contributed by atoms with Gasteiger partial charge in [0.1, 0.15) is 11.9 Å². The molecule has 3 rings (SSSR count). The number of morpholine rings is 1. The maximum Gasteiger partial charge on any atom is 0.225 e. The van der Waals surface area contributed by atoms with Gasteiger partial charge in [0.15, 0.2) is 0 Å². The van der Waals surface area contributed by atoms with Gasteiger partial charge in [-0.25, -0.2) is 4.98 Å². The third-order valence-corrected chi connectivity index (χ3v) is 4.78. The van der Waals surface area contributed by atoms with Gasteiger partial charge in [0, 0.05) is 38.3 Å². The monoisotopic (exact) mass is 328 g/mol. The molecule has 1 amide bonds. The number of aromatic nitrogens is 1. The fourth-order valence-electron chi connectivity index (χ4n) is 3.61. The third kappa shape index (κ3) is 3.68. The SMILES string of the molecule is C[C@@H]1CN(C(=O)C2CCN(c3ccc(C#N)cn3)CC2)C[C@H](C)O1. The van der Waals surface area contributed by atoms with E-state index >= 15 is 0 Å². The molecule has 0 unspecified atom stereocenters. The van der Waals surface area contributed by atoms with E-state index in [-0.39, 0.29) is 24.0 Å². The van der Waals surface area contributed by atoms with Gasteiger partial charge in [-0.15, -0.1) is 0 Å². The Hall–Kier alpha value is -2.13. The first-order chi connectivity index (χ1) is 11.6. The number of carbonyl (C=O) groups is 1. The molecule has 128 valence electrons. The summed E-state index contributed by atoms with van der Waals surface area (Å²) in [5.41, 5.74) is 0.569. The van der Waals surface area contributed by atoms with Crippen molar-refractivity contribution in [2.75, 3.05) is 31.1 Å². The lowest BCUT2D eigenvalue weighted by atomic mass is 9.94. The van der Waals surface area contributed by atoms with Crippen molar-refractivity contribution in [1.29, 1.82) is 5.26 Å². The quantitative estimate of drug-likeness (QED) is 0.828. The highest BCUT2D eigenvalue weighted by Gasteiger charge is 2.32. The molecule has 0 saturated carbocycles. The second kappa shape index (κ2) is 7.18. The summed E-state index contributed by atoms with van der Waals surface area (Å²) in [6.07, 6.45) is 3.52. The number of amides is 1. The molecule has 2 aliphatic rings. The van der Waals surface area contributed by atoms with E-state index in [0.717, 1.165) is 31.7 Å². The number of hydrogen-bond acceptors (Lipinski definition) is 5. The Kier molecular flexibility index (Phi) is 5.00. The first kappa shape index (κ1) is 16.7. The molecular formula is C18H24N4O2. The maximum absolute atomic E-state index is 12.8. The van der Waals surface area contributed by atoms with E-state index in [2.05, 4.69) is 16.0 Å². The van der Waals surface area contributed by atoms with Crippen molar-refractivity contribution in [3.8, 4) is 6.07 Å². The zero-order valence-corrected chi connectivity index (χ0v) is 14.3. The summed E-state index contributed by atoms with van der Waals surface area (Å²) in [5.74, 6) is 1.25. The number of pyridine rings is 1. The molecule has 0 bridgehead atoms.